The molecule has 8 nitrogen and oxygen atoms in total. The molecule has 33 heavy (non-hydrogen) atoms. The number of furan rings is 1. The fraction of sp³-hybridized carbons (Fsp3) is 0.250. The number of anilines is 1. The zero-order chi connectivity index (χ0) is 23.4. The van der Waals surface area contributed by atoms with Crippen LogP contribution in [0.1, 0.15) is 41.6 Å². The van der Waals surface area contributed by atoms with Crippen molar-refractivity contribution >= 4 is 27.5 Å². The van der Waals surface area contributed by atoms with E-state index in [1.165, 1.54) is 6.07 Å². The van der Waals surface area contributed by atoms with Gasteiger partial charge in [-0.2, -0.15) is 8.42 Å². The molecular formula is C24H26N4O4S. The number of benzene rings is 2. The van der Waals surface area contributed by atoms with Gasteiger partial charge in [0, 0.05) is 23.4 Å². The van der Waals surface area contributed by atoms with Gasteiger partial charge < -0.3 is 15.1 Å². The third-order valence-corrected chi connectivity index (χ3v) is 6.96. The molecule has 9 heteroatoms. The van der Waals surface area contributed by atoms with Crippen LogP contribution in [0.2, 0.25) is 0 Å². The minimum Gasteiger partial charge on any atom is -0.468 e. The van der Waals surface area contributed by atoms with Crippen molar-refractivity contribution in [2.75, 3.05) is 25.0 Å². The van der Waals surface area contributed by atoms with Crippen molar-refractivity contribution < 1.29 is 17.6 Å². The number of hydrogen-bond acceptors (Lipinski definition) is 6. The molecule has 0 saturated carbocycles. The van der Waals surface area contributed by atoms with Crippen LogP contribution in [0.25, 0.3) is 0 Å². The molecule has 1 atom stereocenters. The van der Waals surface area contributed by atoms with Crippen molar-refractivity contribution in [3.8, 4) is 0 Å². The predicted octanol–water partition coefficient (Wildman–Crippen LogP) is 3.65. The van der Waals surface area contributed by atoms with Gasteiger partial charge in [-0.25, -0.2) is 0 Å². The molecule has 3 aromatic rings. The fourth-order valence-electron chi connectivity index (χ4n) is 3.88. The summed E-state index contributed by atoms with van der Waals surface area (Å²) in [7, 11) is -3.69. The van der Waals surface area contributed by atoms with Crippen LogP contribution in [0.15, 0.2) is 80.6 Å². The maximum absolute atomic E-state index is 12.7. The van der Waals surface area contributed by atoms with Gasteiger partial charge in [0.25, 0.3) is 15.9 Å². The van der Waals surface area contributed by atoms with Crippen LogP contribution in [-0.4, -0.2) is 44.7 Å². The van der Waals surface area contributed by atoms with Gasteiger partial charge in [-0.3, -0.25) is 9.69 Å². The molecule has 4 rings (SSSR count). The first-order valence-corrected chi connectivity index (χ1v) is 12.2. The number of amidine groups is 1. The minimum atomic E-state index is -3.69. The van der Waals surface area contributed by atoms with Gasteiger partial charge >= 0.3 is 0 Å². The third-order valence-electron chi connectivity index (χ3n) is 5.62. The molecule has 172 valence electrons. The molecule has 0 fully saturated rings. The SMILES string of the molecule is CCN(CC)C(CNC(=O)c1ccc(NC2=NS(=O)(=O)c3ccccc32)cc1)c1ccco1. The van der Waals surface area contributed by atoms with Gasteiger partial charge in [0.15, 0.2) is 5.84 Å². The van der Waals surface area contributed by atoms with Crippen molar-refractivity contribution in [1.82, 2.24) is 10.2 Å². The summed E-state index contributed by atoms with van der Waals surface area (Å²) in [4.78, 5) is 15.1. The Morgan fingerprint density at radius 1 is 1.03 bits per heavy atom. The highest BCUT2D eigenvalue weighted by Crippen LogP contribution is 2.27. The number of sulfonamides is 1. The van der Waals surface area contributed by atoms with E-state index in [4.69, 9.17) is 4.42 Å². The van der Waals surface area contributed by atoms with Crippen LogP contribution in [0.5, 0.6) is 0 Å². The number of nitrogens with one attached hydrogen (secondary N) is 2. The summed E-state index contributed by atoms with van der Waals surface area (Å²) < 4.78 is 33.8. The van der Waals surface area contributed by atoms with Gasteiger partial charge in [0.05, 0.1) is 12.3 Å². The summed E-state index contributed by atoms with van der Waals surface area (Å²) in [5.74, 6) is 0.880. The standard InChI is InChI=1S/C24H26N4O4S/c1-3-28(4-2)20(21-9-7-15-32-21)16-25-24(29)17-11-13-18(14-12-17)26-23-19-8-5-6-10-22(19)33(30,31)27-23/h5-15,20H,3-4,16H2,1-2H3,(H,25,29)(H,26,27). The first-order valence-electron chi connectivity index (χ1n) is 10.8. The number of carbonyl (C=O) groups excluding carboxylic acids is 1. The zero-order valence-electron chi connectivity index (χ0n) is 18.5. The number of likely N-dealkylation sites (N-methyl/N-ethyl adjacent to an activating group) is 1. The molecule has 1 unspecified atom stereocenters. The van der Waals surface area contributed by atoms with Gasteiger partial charge in [0.2, 0.25) is 0 Å². The van der Waals surface area contributed by atoms with Crippen LogP contribution in [0.3, 0.4) is 0 Å². The van der Waals surface area contributed by atoms with E-state index < -0.39 is 10.0 Å². The highest BCUT2D eigenvalue weighted by molar-refractivity contribution is 7.90. The zero-order valence-corrected chi connectivity index (χ0v) is 19.3. The average Bonchev–Trinajstić information content (AvgIpc) is 3.44. The summed E-state index contributed by atoms with van der Waals surface area (Å²) in [5, 5.41) is 6.03. The van der Waals surface area contributed by atoms with Crippen LogP contribution >= 0.6 is 0 Å². The van der Waals surface area contributed by atoms with E-state index in [0.717, 1.165) is 18.8 Å². The Labute approximate surface area is 193 Å². The van der Waals surface area contributed by atoms with Crippen LogP contribution in [0, 0.1) is 0 Å². The van der Waals surface area contributed by atoms with E-state index in [2.05, 4.69) is 33.8 Å². The van der Waals surface area contributed by atoms with E-state index in [1.807, 2.05) is 12.1 Å². The van der Waals surface area contributed by atoms with Gasteiger partial charge in [-0.05, 0) is 61.6 Å². The highest BCUT2D eigenvalue weighted by atomic mass is 32.2. The Hall–Kier alpha value is -3.43. The quantitative estimate of drug-likeness (QED) is 0.525. The van der Waals surface area contributed by atoms with Gasteiger partial charge in [-0.15, -0.1) is 4.40 Å². The molecule has 0 spiro atoms. The van der Waals surface area contributed by atoms with Crippen molar-refractivity contribution in [3.05, 3.63) is 83.8 Å². The Bertz CT molecular complexity index is 1250. The van der Waals surface area contributed by atoms with Gasteiger partial charge in [-0.1, -0.05) is 26.0 Å². The molecule has 1 aliphatic rings. The largest absolute Gasteiger partial charge is 0.468 e. The lowest BCUT2D eigenvalue weighted by Gasteiger charge is -2.28. The normalized spacial score (nSPS) is 15.1. The van der Waals surface area contributed by atoms with Crippen molar-refractivity contribution in [2.24, 2.45) is 4.40 Å². The summed E-state index contributed by atoms with van der Waals surface area (Å²) in [6.07, 6.45) is 1.64. The number of carbonyl (C=O) groups is 1. The van der Waals surface area contributed by atoms with E-state index in [1.54, 1.807) is 48.7 Å². The van der Waals surface area contributed by atoms with Crippen LogP contribution < -0.4 is 10.6 Å². The Kier molecular flexibility index (Phi) is 6.62. The predicted molar refractivity (Wildman–Crippen MR) is 127 cm³/mol. The molecule has 2 aromatic carbocycles. The molecule has 2 N–H and O–H groups in total. The number of amides is 1. The third kappa shape index (κ3) is 4.84. The average molecular weight is 467 g/mol. The lowest BCUT2D eigenvalue weighted by molar-refractivity contribution is 0.0929. The molecule has 1 amide bonds. The topological polar surface area (TPSA) is 104 Å². The second-order valence-electron chi connectivity index (χ2n) is 7.58. The summed E-state index contributed by atoms with van der Waals surface area (Å²) >= 11 is 0. The number of rotatable bonds is 8. The lowest BCUT2D eigenvalue weighted by atomic mass is 10.1. The van der Waals surface area contributed by atoms with Crippen molar-refractivity contribution in [3.63, 3.8) is 0 Å². The van der Waals surface area contributed by atoms with Crippen LogP contribution in [0.4, 0.5) is 5.69 Å². The van der Waals surface area contributed by atoms with Crippen molar-refractivity contribution in [2.45, 2.75) is 24.8 Å². The number of nitrogens with zero attached hydrogens (tertiary/aromatic N) is 2. The highest BCUT2D eigenvalue weighted by Gasteiger charge is 2.28. The number of hydrogen-bond donors (Lipinski definition) is 2. The van der Waals surface area contributed by atoms with E-state index in [0.29, 0.717) is 23.4 Å². The Balaban J connectivity index is 1.43. The smallest absolute Gasteiger partial charge is 0.285 e. The fourth-order valence-corrected chi connectivity index (χ4v) is 5.06. The molecular weight excluding hydrogens is 440 g/mol. The molecule has 0 saturated heterocycles. The molecule has 2 heterocycles. The molecule has 0 aliphatic carbocycles. The maximum atomic E-state index is 12.7. The number of fused-ring (bicyclic) bond motifs is 1. The van der Waals surface area contributed by atoms with E-state index in [9.17, 15) is 13.2 Å². The maximum Gasteiger partial charge on any atom is 0.285 e. The minimum absolute atomic E-state index is 0.0534. The molecule has 0 bridgehead atoms. The first-order chi connectivity index (χ1) is 15.9. The Morgan fingerprint density at radius 3 is 2.42 bits per heavy atom. The summed E-state index contributed by atoms with van der Waals surface area (Å²) in [6.45, 7) is 6.23. The van der Waals surface area contributed by atoms with Crippen LogP contribution in [-0.2, 0) is 10.0 Å². The lowest BCUT2D eigenvalue weighted by Crippen LogP contribution is -2.37. The first kappa shape index (κ1) is 22.8. The van der Waals surface area contributed by atoms with E-state index in [-0.39, 0.29) is 22.7 Å². The molecule has 1 aliphatic heterocycles. The monoisotopic (exact) mass is 466 g/mol. The second kappa shape index (κ2) is 9.60. The summed E-state index contributed by atoms with van der Waals surface area (Å²) in [6, 6.07) is 17.2. The van der Waals surface area contributed by atoms with Gasteiger partial charge in [0.1, 0.15) is 10.7 Å². The second-order valence-corrected chi connectivity index (χ2v) is 9.15. The van der Waals surface area contributed by atoms with Crippen molar-refractivity contribution in [1.29, 1.82) is 0 Å². The molecule has 1 aromatic heterocycles. The molecule has 0 radical (unpaired) electrons. The Morgan fingerprint density at radius 2 is 1.76 bits per heavy atom. The summed E-state index contributed by atoms with van der Waals surface area (Å²) in [5.41, 5.74) is 1.66. The van der Waals surface area contributed by atoms with E-state index >= 15 is 0 Å².